The van der Waals surface area contributed by atoms with Gasteiger partial charge in [-0.1, -0.05) is 12.1 Å². The Morgan fingerprint density at radius 2 is 1.85 bits per heavy atom. The fraction of sp³-hybridized carbons (Fsp3) is 0.231. The van der Waals surface area contributed by atoms with E-state index in [4.69, 9.17) is 5.11 Å². The van der Waals surface area contributed by atoms with Crippen LogP contribution in [0.5, 0.6) is 0 Å². The molecule has 1 aromatic rings. The van der Waals surface area contributed by atoms with Crippen LogP contribution in [-0.2, 0) is 11.0 Å². The molecule has 106 valence electrons. The lowest BCUT2D eigenvalue weighted by atomic mass is 9.96. The van der Waals surface area contributed by atoms with Crippen molar-refractivity contribution in [3.05, 3.63) is 47.7 Å². The van der Waals surface area contributed by atoms with Crippen molar-refractivity contribution < 1.29 is 27.9 Å². The van der Waals surface area contributed by atoms with E-state index in [1.165, 1.54) is 12.1 Å². The van der Waals surface area contributed by atoms with Crippen LogP contribution < -0.4 is 0 Å². The quantitative estimate of drug-likeness (QED) is 0.862. The largest absolute Gasteiger partial charge is 0.465 e. The average Bonchev–Trinajstić information content (AvgIpc) is 2.37. The molecule has 2 rings (SSSR count). The highest BCUT2D eigenvalue weighted by Crippen LogP contribution is 2.33. The summed E-state index contributed by atoms with van der Waals surface area (Å²) in [6, 6.07) is 3.33. The first-order valence-electron chi connectivity index (χ1n) is 5.68. The van der Waals surface area contributed by atoms with E-state index in [0.717, 1.165) is 29.3 Å². The van der Waals surface area contributed by atoms with Crippen LogP contribution in [0.4, 0.5) is 18.0 Å². The van der Waals surface area contributed by atoms with Crippen LogP contribution in [0.3, 0.4) is 0 Å². The van der Waals surface area contributed by atoms with Gasteiger partial charge < -0.3 is 5.11 Å². The van der Waals surface area contributed by atoms with Crippen LogP contribution in [-0.4, -0.2) is 21.9 Å². The van der Waals surface area contributed by atoms with E-state index >= 15 is 0 Å². The van der Waals surface area contributed by atoms with Crippen molar-refractivity contribution in [2.75, 3.05) is 0 Å². The fourth-order valence-electron chi connectivity index (χ4n) is 1.99. The van der Waals surface area contributed by atoms with E-state index in [0.29, 0.717) is 5.56 Å². The Bertz CT molecular complexity index is 563. The molecule has 1 amide bonds. The van der Waals surface area contributed by atoms with Crippen molar-refractivity contribution in [2.45, 2.75) is 18.6 Å². The number of carbonyl (C=O) groups excluding carboxylic acids is 1. The number of allylic oxidation sites excluding steroid dienone is 1. The zero-order chi connectivity index (χ0) is 14.9. The van der Waals surface area contributed by atoms with Crippen molar-refractivity contribution in [3.63, 3.8) is 0 Å². The summed E-state index contributed by atoms with van der Waals surface area (Å²) in [5.74, 6) is -0.271. The number of halogens is 3. The highest BCUT2D eigenvalue weighted by molar-refractivity contribution is 5.92. The normalized spacial score (nSPS) is 19.2. The van der Waals surface area contributed by atoms with E-state index in [2.05, 4.69) is 0 Å². The molecule has 0 spiro atoms. The van der Waals surface area contributed by atoms with Crippen LogP contribution in [0.25, 0.3) is 0 Å². The predicted octanol–water partition coefficient (Wildman–Crippen LogP) is 3.21. The smallest absolute Gasteiger partial charge is 0.416 e. The number of amides is 1. The Labute approximate surface area is 112 Å². The van der Waals surface area contributed by atoms with Gasteiger partial charge in [0.05, 0.1) is 11.6 Å². The Hall–Kier alpha value is -2.31. The van der Waals surface area contributed by atoms with E-state index in [1.807, 2.05) is 0 Å². The summed E-state index contributed by atoms with van der Waals surface area (Å²) in [6.45, 7) is 0. The second-order valence-corrected chi connectivity index (χ2v) is 4.31. The molecule has 0 radical (unpaired) electrons. The van der Waals surface area contributed by atoms with Gasteiger partial charge >= 0.3 is 12.3 Å². The van der Waals surface area contributed by atoms with Crippen LogP contribution in [0, 0.1) is 0 Å². The second-order valence-electron chi connectivity index (χ2n) is 4.31. The van der Waals surface area contributed by atoms with Crippen LogP contribution >= 0.6 is 0 Å². The Morgan fingerprint density at radius 1 is 1.25 bits per heavy atom. The Balaban J connectivity index is 2.32. The van der Waals surface area contributed by atoms with Gasteiger partial charge in [-0.15, -0.1) is 0 Å². The molecular formula is C13H10F3NO3. The maximum atomic E-state index is 12.5. The van der Waals surface area contributed by atoms with Gasteiger partial charge in [0.25, 0.3) is 0 Å². The molecule has 0 fully saturated rings. The Kier molecular flexibility index (Phi) is 3.52. The van der Waals surface area contributed by atoms with E-state index in [9.17, 15) is 22.8 Å². The molecule has 1 aliphatic rings. The average molecular weight is 285 g/mol. The lowest BCUT2D eigenvalue weighted by Gasteiger charge is -2.29. The molecule has 0 bridgehead atoms. The summed E-state index contributed by atoms with van der Waals surface area (Å²) in [7, 11) is 0. The molecule has 1 N–H and O–H groups in total. The summed E-state index contributed by atoms with van der Waals surface area (Å²) < 4.78 is 37.4. The maximum Gasteiger partial charge on any atom is 0.416 e. The third kappa shape index (κ3) is 2.81. The van der Waals surface area contributed by atoms with Crippen molar-refractivity contribution in [1.29, 1.82) is 0 Å². The number of hydrogen-bond acceptors (Lipinski definition) is 2. The number of carboxylic acid groups (broad SMARTS) is 1. The first-order chi connectivity index (χ1) is 9.29. The molecule has 0 aliphatic carbocycles. The summed E-state index contributed by atoms with van der Waals surface area (Å²) in [4.78, 5) is 23.3. The molecule has 0 saturated carbocycles. The Morgan fingerprint density at radius 3 is 2.35 bits per heavy atom. The lowest BCUT2D eigenvalue weighted by Crippen LogP contribution is -2.33. The summed E-state index contributed by atoms with van der Waals surface area (Å²) in [6.07, 6.45) is -3.55. The lowest BCUT2D eigenvalue weighted by molar-refractivity contribution is -0.137. The number of ketones is 1. The molecule has 20 heavy (non-hydrogen) atoms. The van der Waals surface area contributed by atoms with Crippen molar-refractivity contribution in [2.24, 2.45) is 0 Å². The SMILES string of the molecule is O=C1C=CN(C(=O)O)C(c2ccc(C(F)(F)F)cc2)C1. The first-order valence-corrected chi connectivity index (χ1v) is 5.68. The van der Waals surface area contributed by atoms with Gasteiger partial charge in [-0.05, 0) is 23.8 Å². The first kappa shape index (κ1) is 14.1. The highest BCUT2D eigenvalue weighted by Gasteiger charge is 2.32. The molecule has 0 saturated heterocycles. The monoisotopic (exact) mass is 285 g/mol. The molecule has 1 aliphatic heterocycles. The van der Waals surface area contributed by atoms with Gasteiger partial charge in [-0.25, -0.2) is 4.79 Å². The zero-order valence-electron chi connectivity index (χ0n) is 10.1. The van der Waals surface area contributed by atoms with E-state index in [-0.39, 0.29) is 12.2 Å². The number of rotatable bonds is 1. The van der Waals surface area contributed by atoms with Gasteiger partial charge in [0.1, 0.15) is 0 Å². The topological polar surface area (TPSA) is 57.6 Å². The standard InChI is InChI=1S/C13H10F3NO3/c14-13(15,16)9-3-1-8(2-4-9)11-7-10(18)5-6-17(11)12(19)20/h1-6,11H,7H2,(H,19,20). The van der Waals surface area contributed by atoms with Gasteiger partial charge in [0.15, 0.2) is 5.78 Å². The van der Waals surface area contributed by atoms with Gasteiger partial charge in [0, 0.05) is 12.6 Å². The summed E-state index contributed by atoms with van der Waals surface area (Å²) in [5, 5.41) is 9.02. The van der Waals surface area contributed by atoms with Crippen molar-refractivity contribution in [3.8, 4) is 0 Å². The number of hydrogen-bond donors (Lipinski definition) is 1. The summed E-state index contributed by atoms with van der Waals surface area (Å²) in [5.41, 5.74) is -0.473. The van der Waals surface area contributed by atoms with Crippen molar-refractivity contribution in [1.82, 2.24) is 4.90 Å². The van der Waals surface area contributed by atoms with Gasteiger partial charge in [-0.2, -0.15) is 13.2 Å². The highest BCUT2D eigenvalue weighted by atomic mass is 19.4. The van der Waals surface area contributed by atoms with Gasteiger partial charge in [-0.3, -0.25) is 9.69 Å². The molecule has 1 heterocycles. The van der Waals surface area contributed by atoms with Crippen LogP contribution in [0.1, 0.15) is 23.6 Å². The summed E-state index contributed by atoms with van der Waals surface area (Å²) >= 11 is 0. The van der Waals surface area contributed by atoms with Crippen molar-refractivity contribution >= 4 is 11.9 Å². The molecule has 0 aromatic heterocycles. The molecule has 4 nitrogen and oxygen atoms in total. The van der Waals surface area contributed by atoms with E-state index < -0.39 is 23.9 Å². The molecule has 1 aromatic carbocycles. The minimum atomic E-state index is -4.45. The third-order valence-corrected chi connectivity index (χ3v) is 3.00. The second kappa shape index (κ2) is 4.99. The van der Waals surface area contributed by atoms with Crippen LogP contribution in [0.15, 0.2) is 36.5 Å². The molecule has 1 atom stereocenters. The predicted molar refractivity (Wildman–Crippen MR) is 62.8 cm³/mol. The number of carbonyl (C=O) groups is 2. The number of nitrogens with zero attached hydrogens (tertiary/aromatic N) is 1. The maximum absolute atomic E-state index is 12.5. The number of alkyl halides is 3. The molecule has 7 heteroatoms. The minimum absolute atomic E-state index is 0.0891. The fourth-order valence-corrected chi connectivity index (χ4v) is 1.99. The van der Waals surface area contributed by atoms with E-state index in [1.54, 1.807) is 0 Å². The third-order valence-electron chi connectivity index (χ3n) is 3.00. The minimum Gasteiger partial charge on any atom is -0.465 e. The molecule has 1 unspecified atom stereocenters. The zero-order valence-corrected chi connectivity index (χ0v) is 10.1. The molecular weight excluding hydrogens is 275 g/mol. The van der Waals surface area contributed by atoms with Crippen LogP contribution in [0.2, 0.25) is 0 Å². The van der Waals surface area contributed by atoms with Gasteiger partial charge in [0.2, 0.25) is 0 Å². The number of benzene rings is 1.